The second kappa shape index (κ2) is 11.7. The molecule has 0 saturated carbocycles. The number of nitrogens with zero attached hydrogens (tertiary/aromatic N) is 2. The predicted molar refractivity (Wildman–Crippen MR) is 105 cm³/mol. The summed E-state index contributed by atoms with van der Waals surface area (Å²) in [6.45, 7) is 1.44. The zero-order valence-corrected chi connectivity index (χ0v) is 14.9. The summed E-state index contributed by atoms with van der Waals surface area (Å²) in [6, 6.07) is 20.9. The molecule has 2 aromatic rings. The van der Waals surface area contributed by atoms with Crippen LogP contribution in [0.2, 0.25) is 0 Å². The van der Waals surface area contributed by atoms with Crippen molar-refractivity contribution in [3.63, 3.8) is 0 Å². The van der Waals surface area contributed by atoms with E-state index in [1.807, 2.05) is 18.3 Å². The number of benzene rings is 2. The highest BCUT2D eigenvalue weighted by Gasteiger charge is 2.13. The highest BCUT2D eigenvalue weighted by Crippen LogP contribution is 2.27. The van der Waals surface area contributed by atoms with Crippen LogP contribution in [0.5, 0.6) is 0 Å². The first-order valence-electron chi connectivity index (χ1n) is 8.99. The van der Waals surface area contributed by atoms with Gasteiger partial charge in [-0.2, -0.15) is 5.26 Å². The highest BCUT2D eigenvalue weighted by atomic mass is 16.2. The molecule has 0 aliphatic carbocycles. The maximum Gasteiger partial charge on any atom is 0.204 e. The lowest BCUT2D eigenvalue weighted by molar-refractivity contribution is 0.285. The molecule has 5 heteroatoms. The van der Waals surface area contributed by atoms with E-state index in [1.165, 1.54) is 11.1 Å². The van der Waals surface area contributed by atoms with Crippen LogP contribution >= 0.6 is 0 Å². The first-order chi connectivity index (χ1) is 12.8. The van der Waals surface area contributed by atoms with Gasteiger partial charge in [0.05, 0.1) is 0 Å². The Hall–Kier alpha value is -2.84. The molecular weight excluding hydrogens is 324 g/mol. The lowest BCUT2D eigenvalue weighted by Crippen LogP contribution is -2.35. The monoisotopic (exact) mass is 350 g/mol. The van der Waals surface area contributed by atoms with Crippen LogP contribution in [-0.4, -0.2) is 30.8 Å². The molecule has 0 aromatic heterocycles. The number of aliphatic hydroxyl groups excluding tert-OH is 1. The Kier molecular flexibility index (Phi) is 8.74. The Labute approximate surface area is 155 Å². The highest BCUT2D eigenvalue weighted by molar-refractivity contribution is 5.81. The van der Waals surface area contributed by atoms with Gasteiger partial charge in [0.1, 0.15) is 0 Å². The second-order valence-corrected chi connectivity index (χ2v) is 5.99. The third-order valence-corrected chi connectivity index (χ3v) is 4.14. The SMILES string of the molecule is N#CNC(=NCCCCO)NCCC(c1ccccc1)c1ccccc1. The van der Waals surface area contributed by atoms with Crippen molar-refractivity contribution in [2.45, 2.75) is 25.2 Å². The molecule has 0 aliphatic rings. The summed E-state index contributed by atoms with van der Waals surface area (Å²) in [6.07, 6.45) is 4.32. The summed E-state index contributed by atoms with van der Waals surface area (Å²) in [5, 5.41) is 23.5. The van der Waals surface area contributed by atoms with Crippen LogP contribution in [0.25, 0.3) is 0 Å². The molecule has 0 atom stereocenters. The first kappa shape index (κ1) is 19.5. The van der Waals surface area contributed by atoms with E-state index < -0.39 is 0 Å². The van der Waals surface area contributed by atoms with Gasteiger partial charge >= 0.3 is 0 Å². The molecule has 0 aliphatic heterocycles. The van der Waals surface area contributed by atoms with Gasteiger partial charge in [-0.25, -0.2) is 0 Å². The number of unbranched alkanes of at least 4 members (excludes halogenated alkanes) is 1. The van der Waals surface area contributed by atoms with Crippen LogP contribution in [0.15, 0.2) is 65.7 Å². The molecule has 0 unspecified atom stereocenters. The number of aliphatic imine (C=N–C) groups is 1. The van der Waals surface area contributed by atoms with Gasteiger partial charge in [0.15, 0.2) is 6.19 Å². The van der Waals surface area contributed by atoms with Crippen molar-refractivity contribution < 1.29 is 5.11 Å². The lowest BCUT2D eigenvalue weighted by Gasteiger charge is -2.19. The number of guanidine groups is 1. The van der Waals surface area contributed by atoms with E-state index in [4.69, 9.17) is 10.4 Å². The van der Waals surface area contributed by atoms with Gasteiger partial charge in [-0.3, -0.25) is 10.3 Å². The van der Waals surface area contributed by atoms with Gasteiger partial charge < -0.3 is 10.4 Å². The summed E-state index contributed by atoms with van der Waals surface area (Å²) in [5.41, 5.74) is 2.55. The maximum atomic E-state index is 8.88. The van der Waals surface area contributed by atoms with Gasteiger partial charge in [0.25, 0.3) is 0 Å². The fraction of sp³-hybridized carbons (Fsp3) is 0.333. The fourth-order valence-corrected chi connectivity index (χ4v) is 2.84. The van der Waals surface area contributed by atoms with E-state index >= 15 is 0 Å². The van der Waals surface area contributed by atoms with Gasteiger partial charge in [-0.05, 0) is 30.4 Å². The average Bonchev–Trinajstić information content (AvgIpc) is 2.70. The summed E-state index contributed by atoms with van der Waals surface area (Å²) >= 11 is 0. The minimum atomic E-state index is 0.166. The van der Waals surface area contributed by atoms with Crippen LogP contribution in [0.4, 0.5) is 0 Å². The normalized spacial score (nSPS) is 11.2. The molecule has 26 heavy (non-hydrogen) atoms. The molecule has 0 saturated heterocycles. The molecule has 0 amide bonds. The lowest BCUT2D eigenvalue weighted by atomic mass is 9.88. The zero-order chi connectivity index (χ0) is 18.5. The van der Waals surface area contributed by atoms with Gasteiger partial charge in [0, 0.05) is 25.6 Å². The van der Waals surface area contributed by atoms with Crippen molar-refractivity contribution in [2.24, 2.45) is 4.99 Å². The number of hydrogen-bond donors (Lipinski definition) is 3. The van der Waals surface area contributed by atoms with Crippen LogP contribution in [0.1, 0.15) is 36.3 Å². The smallest absolute Gasteiger partial charge is 0.204 e. The van der Waals surface area contributed by atoms with E-state index in [0.29, 0.717) is 25.5 Å². The summed E-state index contributed by atoms with van der Waals surface area (Å²) < 4.78 is 0. The number of nitrogens with one attached hydrogen (secondary N) is 2. The molecule has 0 spiro atoms. The third-order valence-electron chi connectivity index (χ3n) is 4.14. The molecule has 3 N–H and O–H groups in total. The molecule has 0 bridgehead atoms. The van der Waals surface area contributed by atoms with Gasteiger partial charge in [-0.1, -0.05) is 60.7 Å². The quantitative estimate of drug-likeness (QED) is 0.213. The van der Waals surface area contributed by atoms with Crippen molar-refractivity contribution in [3.8, 4) is 6.19 Å². The van der Waals surface area contributed by atoms with Crippen LogP contribution in [0.3, 0.4) is 0 Å². The molecular formula is C21H26N4O. The first-order valence-corrected chi connectivity index (χ1v) is 8.99. The van der Waals surface area contributed by atoms with Gasteiger partial charge in [-0.15, -0.1) is 0 Å². The van der Waals surface area contributed by atoms with E-state index in [-0.39, 0.29) is 12.5 Å². The van der Waals surface area contributed by atoms with Gasteiger partial charge in [0.2, 0.25) is 5.96 Å². The van der Waals surface area contributed by atoms with Crippen molar-refractivity contribution in [2.75, 3.05) is 19.7 Å². The summed E-state index contributed by atoms with van der Waals surface area (Å²) in [5.74, 6) is 0.771. The molecule has 136 valence electrons. The summed E-state index contributed by atoms with van der Waals surface area (Å²) in [4.78, 5) is 4.35. The maximum absolute atomic E-state index is 8.88. The average molecular weight is 350 g/mol. The molecule has 2 aromatic carbocycles. The molecule has 2 rings (SSSR count). The Bertz CT molecular complexity index is 655. The molecule has 0 fully saturated rings. The van der Waals surface area contributed by atoms with Crippen molar-refractivity contribution >= 4 is 5.96 Å². The Morgan fingerprint density at radius 1 is 1.00 bits per heavy atom. The summed E-state index contributed by atoms with van der Waals surface area (Å²) in [7, 11) is 0. The van der Waals surface area contributed by atoms with E-state index in [2.05, 4.69) is 64.2 Å². The standard InChI is InChI=1S/C21H26N4O/c22-17-25-21(23-14-7-8-16-26)24-15-13-20(18-9-3-1-4-10-18)19-11-5-2-6-12-19/h1-6,9-12,20,26H,7-8,13-16H2,(H2,23,24,25). The molecule has 0 heterocycles. The third kappa shape index (κ3) is 6.58. The minimum absolute atomic E-state index is 0.166. The molecule has 5 nitrogen and oxygen atoms in total. The van der Waals surface area contributed by atoms with Crippen molar-refractivity contribution in [1.82, 2.24) is 10.6 Å². The topological polar surface area (TPSA) is 80.4 Å². The minimum Gasteiger partial charge on any atom is -0.396 e. The van der Waals surface area contributed by atoms with E-state index in [0.717, 1.165) is 12.8 Å². The van der Waals surface area contributed by atoms with Crippen LogP contribution in [0, 0.1) is 11.5 Å². The van der Waals surface area contributed by atoms with Crippen molar-refractivity contribution in [1.29, 1.82) is 5.26 Å². The van der Waals surface area contributed by atoms with E-state index in [9.17, 15) is 0 Å². The number of rotatable bonds is 9. The number of hydrogen-bond acceptors (Lipinski definition) is 3. The Morgan fingerprint density at radius 3 is 2.15 bits per heavy atom. The second-order valence-electron chi connectivity index (χ2n) is 5.99. The Balaban J connectivity index is 1.99. The van der Waals surface area contributed by atoms with Crippen LogP contribution < -0.4 is 10.6 Å². The van der Waals surface area contributed by atoms with Crippen molar-refractivity contribution in [3.05, 3.63) is 71.8 Å². The zero-order valence-electron chi connectivity index (χ0n) is 14.9. The van der Waals surface area contributed by atoms with E-state index in [1.54, 1.807) is 0 Å². The predicted octanol–water partition coefficient (Wildman–Crippen LogP) is 3.00. The fourth-order valence-electron chi connectivity index (χ4n) is 2.84. The van der Waals surface area contributed by atoms with Crippen LogP contribution in [-0.2, 0) is 0 Å². The number of nitriles is 1. The molecule has 0 radical (unpaired) electrons. The Morgan fingerprint density at radius 2 is 1.62 bits per heavy atom. The largest absolute Gasteiger partial charge is 0.396 e. The number of aliphatic hydroxyl groups is 1.